The topological polar surface area (TPSA) is 91.8 Å². The van der Waals surface area contributed by atoms with Gasteiger partial charge in [-0.05, 0) is 51.2 Å². The first kappa shape index (κ1) is 21.1. The van der Waals surface area contributed by atoms with Crippen molar-refractivity contribution in [2.75, 3.05) is 6.54 Å². The van der Waals surface area contributed by atoms with E-state index in [1.807, 2.05) is 45.0 Å². The van der Waals surface area contributed by atoms with Crippen molar-refractivity contribution < 1.29 is 13.2 Å². The lowest BCUT2D eigenvalue weighted by Gasteiger charge is -2.22. The van der Waals surface area contributed by atoms with E-state index in [1.54, 1.807) is 0 Å². The van der Waals surface area contributed by atoms with Gasteiger partial charge in [0, 0.05) is 12.6 Å². The predicted octanol–water partition coefficient (Wildman–Crippen LogP) is 1.89. The number of ether oxygens (including phenoxy) is 1. The van der Waals surface area contributed by atoms with Gasteiger partial charge in [0.1, 0.15) is 0 Å². The van der Waals surface area contributed by atoms with Gasteiger partial charge in [0.25, 0.3) is 0 Å². The fourth-order valence-electron chi connectivity index (χ4n) is 3.91. The summed E-state index contributed by atoms with van der Waals surface area (Å²) >= 11 is 0. The van der Waals surface area contributed by atoms with Crippen molar-refractivity contribution in [1.82, 2.24) is 15.4 Å². The number of sulfonamides is 1. The maximum absolute atomic E-state index is 12.3. The van der Waals surface area contributed by atoms with Gasteiger partial charge in [-0.2, -0.15) is 0 Å². The van der Waals surface area contributed by atoms with Crippen LogP contribution in [0.4, 0.5) is 0 Å². The monoisotopic (exact) mass is 408 g/mol. The van der Waals surface area contributed by atoms with Crippen LogP contribution in [-0.4, -0.2) is 45.2 Å². The molecule has 2 saturated heterocycles. The molecule has 1 aromatic rings. The smallest absolute Gasteiger partial charge is 0.216 e. The lowest BCUT2D eigenvalue weighted by atomic mass is 9.96. The normalized spacial score (nSPS) is 24.7. The molecule has 2 aliphatic rings. The summed E-state index contributed by atoms with van der Waals surface area (Å²) in [6.07, 6.45) is 3.93. The standard InChI is InChI=1S/C20H32N4O3S/c1-4-21-20(23-18-11-17-9-10-19(18)27-17)22-12-15-7-5-6-8-16(15)13-28(25,26)24-14(2)3/h5-8,14,17-19,24H,4,9-13H2,1-3H3,(H2,21,22,23). The lowest BCUT2D eigenvalue weighted by molar-refractivity contribution is 0.0992. The number of hydrogen-bond acceptors (Lipinski definition) is 4. The largest absolute Gasteiger partial charge is 0.373 e. The number of rotatable bonds is 8. The Morgan fingerprint density at radius 2 is 2.00 bits per heavy atom. The van der Waals surface area contributed by atoms with E-state index in [9.17, 15) is 8.42 Å². The Hall–Kier alpha value is -1.64. The number of fused-ring (bicyclic) bond motifs is 2. The SMILES string of the molecule is CCNC(=NCc1ccccc1CS(=O)(=O)NC(C)C)NC1CC2CCC1O2. The molecule has 0 aliphatic carbocycles. The Balaban J connectivity index is 1.69. The van der Waals surface area contributed by atoms with Crippen molar-refractivity contribution in [3.63, 3.8) is 0 Å². The first-order chi connectivity index (χ1) is 13.4. The first-order valence-electron chi connectivity index (χ1n) is 10.1. The molecule has 2 bridgehead atoms. The van der Waals surface area contributed by atoms with Crippen molar-refractivity contribution in [2.45, 2.75) is 76.6 Å². The molecule has 7 nitrogen and oxygen atoms in total. The lowest BCUT2D eigenvalue weighted by Crippen LogP contribution is -2.47. The van der Waals surface area contributed by atoms with Gasteiger partial charge in [-0.1, -0.05) is 24.3 Å². The molecule has 3 N–H and O–H groups in total. The molecule has 0 radical (unpaired) electrons. The van der Waals surface area contributed by atoms with E-state index in [1.165, 1.54) is 0 Å². The number of aliphatic imine (C=N–C) groups is 1. The number of hydrogen-bond donors (Lipinski definition) is 3. The molecule has 2 heterocycles. The van der Waals surface area contributed by atoms with Crippen molar-refractivity contribution >= 4 is 16.0 Å². The third-order valence-electron chi connectivity index (χ3n) is 5.06. The van der Waals surface area contributed by atoms with E-state index in [2.05, 4.69) is 15.4 Å². The number of nitrogens with zero attached hydrogens (tertiary/aromatic N) is 1. The minimum atomic E-state index is -3.38. The van der Waals surface area contributed by atoms with E-state index >= 15 is 0 Å². The molecular weight excluding hydrogens is 376 g/mol. The molecule has 2 fully saturated rings. The third kappa shape index (κ3) is 5.68. The van der Waals surface area contributed by atoms with Gasteiger partial charge in [-0.15, -0.1) is 0 Å². The summed E-state index contributed by atoms with van der Waals surface area (Å²) in [7, 11) is -3.38. The third-order valence-corrected chi connectivity index (χ3v) is 6.58. The Labute approximate surface area is 168 Å². The molecule has 156 valence electrons. The van der Waals surface area contributed by atoms with Gasteiger partial charge in [0.15, 0.2) is 5.96 Å². The molecule has 28 heavy (non-hydrogen) atoms. The van der Waals surface area contributed by atoms with Gasteiger partial charge < -0.3 is 15.4 Å². The fraction of sp³-hybridized carbons (Fsp3) is 0.650. The predicted molar refractivity (Wildman–Crippen MR) is 112 cm³/mol. The van der Waals surface area contributed by atoms with Crippen LogP contribution in [0.15, 0.2) is 29.3 Å². The second-order valence-corrected chi connectivity index (χ2v) is 9.61. The molecule has 2 aliphatic heterocycles. The Morgan fingerprint density at radius 1 is 1.25 bits per heavy atom. The van der Waals surface area contributed by atoms with E-state index in [-0.39, 0.29) is 17.9 Å². The van der Waals surface area contributed by atoms with Crippen molar-refractivity contribution in [3.05, 3.63) is 35.4 Å². The molecule has 3 rings (SSSR count). The fourth-order valence-corrected chi connectivity index (χ4v) is 5.40. The van der Waals surface area contributed by atoms with Gasteiger partial charge in [-0.3, -0.25) is 0 Å². The van der Waals surface area contributed by atoms with E-state index in [0.29, 0.717) is 18.7 Å². The highest BCUT2D eigenvalue weighted by Crippen LogP contribution is 2.34. The van der Waals surface area contributed by atoms with Crippen molar-refractivity contribution in [3.8, 4) is 0 Å². The maximum Gasteiger partial charge on any atom is 0.216 e. The van der Waals surface area contributed by atoms with Crippen LogP contribution in [0.25, 0.3) is 0 Å². The molecular formula is C20H32N4O3S. The van der Waals surface area contributed by atoms with Crippen LogP contribution >= 0.6 is 0 Å². The number of guanidine groups is 1. The quantitative estimate of drug-likeness (QED) is 0.451. The van der Waals surface area contributed by atoms with E-state index < -0.39 is 10.0 Å². The number of benzene rings is 1. The highest BCUT2D eigenvalue weighted by Gasteiger charge is 2.41. The van der Waals surface area contributed by atoms with Gasteiger partial charge >= 0.3 is 0 Å². The van der Waals surface area contributed by atoms with Crippen LogP contribution in [0.5, 0.6) is 0 Å². The molecule has 3 unspecified atom stereocenters. The number of nitrogens with one attached hydrogen (secondary N) is 3. The van der Waals surface area contributed by atoms with Crippen molar-refractivity contribution in [1.29, 1.82) is 0 Å². The van der Waals surface area contributed by atoms with Gasteiger partial charge in [0.05, 0.1) is 30.5 Å². The van der Waals surface area contributed by atoms with Crippen LogP contribution in [0.2, 0.25) is 0 Å². The second kappa shape index (κ2) is 9.24. The minimum Gasteiger partial charge on any atom is -0.373 e. The van der Waals surface area contributed by atoms with Gasteiger partial charge in [-0.25, -0.2) is 18.1 Å². The Kier molecular flexibility index (Phi) is 6.95. The van der Waals surface area contributed by atoms with Crippen molar-refractivity contribution in [2.24, 2.45) is 4.99 Å². The Bertz CT molecular complexity index is 794. The molecule has 0 amide bonds. The van der Waals surface area contributed by atoms with E-state index in [0.717, 1.165) is 42.9 Å². The van der Waals surface area contributed by atoms with Crippen LogP contribution in [0.1, 0.15) is 51.2 Å². The summed E-state index contributed by atoms with van der Waals surface area (Å²) in [5.74, 6) is 0.711. The van der Waals surface area contributed by atoms with E-state index in [4.69, 9.17) is 9.73 Å². The zero-order valence-corrected chi connectivity index (χ0v) is 17.8. The zero-order valence-electron chi connectivity index (χ0n) is 16.9. The molecule has 0 aromatic heterocycles. The zero-order chi connectivity index (χ0) is 20.1. The van der Waals surface area contributed by atoms with Crippen LogP contribution in [0.3, 0.4) is 0 Å². The highest BCUT2D eigenvalue weighted by molar-refractivity contribution is 7.88. The summed E-state index contributed by atoms with van der Waals surface area (Å²) in [6.45, 7) is 6.86. The molecule has 0 saturated carbocycles. The summed E-state index contributed by atoms with van der Waals surface area (Å²) in [5, 5.41) is 6.78. The first-order valence-corrected chi connectivity index (χ1v) is 11.8. The Morgan fingerprint density at radius 3 is 2.61 bits per heavy atom. The summed E-state index contributed by atoms with van der Waals surface area (Å²) in [4.78, 5) is 4.71. The van der Waals surface area contributed by atoms with Gasteiger partial charge in [0.2, 0.25) is 10.0 Å². The molecule has 1 aromatic carbocycles. The summed E-state index contributed by atoms with van der Waals surface area (Å²) < 4.78 is 33.2. The van der Waals surface area contributed by atoms with Crippen LogP contribution in [-0.2, 0) is 27.1 Å². The highest BCUT2D eigenvalue weighted by atomic mass is 32.2. The average molecular weight is 409 g/mol. The second-order valence-electron chi connectivity index (χ2n) is 7.86. The minimum absolute atomic E-state index is 0.0406. The maximum atomic E-state index is 12.3. The molecule has 0 spiro atoms. The van der Waals surface area contributed by atoms with Crippen LogP contribution < -0.4 is 15.4 Å². The molecule has 8 heteroatoms. The molecule has 3 atom stereocenters. The summed E-state index contributed by atoms with van der Waals surface area (Å²) in [6, 6.07) is 7.75. The van der Waals surface area contributed by atoms with Crippen LogP contribution in [0, 0.1) is 0 Å². The average Bonchev–Trinajstić information content (AvgIpc) is 3.22. The summed E-state index contributed by atoms with van der Waals surface area (Å²) in [5.41, 5.74) is 1.69.